The minimum atomic E-state index is 0.0691. The zero-order valence-electron chi connectivity index (χ0n) is 14.1. The summed E-state index contributed by atoms with van der Waals surface area (Å²) < 4.78 is 16.4. The van der Waals surface area contributed by atoms with Crippen molar-refractivity contribution in [1.29, 1.82) is 0 Å². The molecule has 3 nitrogen and oxygen atoms in total. The molecule has 0 bridgehead atoms. The Morgan fingerprint density at radius 1 is 0.870 bits per heavy atom. The van der Waals surface area contributed by atoms with Crippen LogP contribution in [0.4, 0.5) is 0 Å². The zero-order chi connectivity index (χ0) is 16.9. The Kier molecular flexibility index (Phi) is 5.78. The molecule has 124 valence electrons. The first-order valence-electron chi connectivity index (χ1n) is 7.60. The van der Waals surface area contributed by atoms with Crippen LogP contribution in [0.3, 0.4) is 0 Å². The first-order valence-corrected chi connectivity index (χ1v) is 7.97. The van der Waals surface area contributed by atoms with E-state index in [2.05, 4.69) is 20.8 Å². The fourth-order valence-electron chi connectivity index (χ4n) is 2.07. The SMILES string of the molecule is COc1ccc(OCCOc2ccc(C(C)(C)C)cc2Cl)cc1. The number of ether oxygens (including phenoxy) is 3. The average Bonchev–Trinajstić information content (AvgIpc) is 2.52. The second-order valence-electron chi connectivity index (χ2n) is 6.27. The molecule has 0 aromatic heterocycles. The van der Waals surface area contributed by atoms with E-state index in [-0.39, 0.29) is 5.41 Å². The normalized spacial score (nSPS) is 11.2. The number of hydrogen-bond donors (Lipinski definition) is 0. The molecule has 0 heterocycles. The molecule has 0 aliphatic carbocycles. The van der Waals surface area contributed by atoms with E-state index in [1.54, 1.807) is 7.11 Å². The van der Waals surface area contributed by atoms with Crippen LogP contribution < -0.4 is 14.2 Å². The van der Waals surface area contributed by atoms with Gasteiger partial charge in [-0.05, 0) is 47.4 Å². The van der Waals surface area contributed by atoms with Gasteiger partial charge >= 0.3 is 0 Å². The van der Waals surface area contributed by atoms with Crippen LogP contribution >= 0.6 is 11.6 Å². The average molecular weight is 335 g/mol. The molecule has 0 radical (unpaired) electrons. The number of rotatable bonds is 6. The zero-order valence-corrected chi connectivity index (χ0v) is 14.8. The van der Waals surface area contributed by atoms with Crippen LogP contribution in [0.5, 0.6) is 17.2 Å². The molecule has 4 heteroatoms. The number of halogens is 1. The highest BCUT2D eigenvalue weighted by Gasteiger charge is 2.15. The van der Waals surface area contributed by atoms with Gasteiger partial charge in [0, 0.05) is 0 Å². The predicted octanol–water partition coefficient (Wildman–Crippen LogP) is 5.10. The number of methoxy groups -OCH3 is 1. The molecule has 0 unspecified atom stereocenters. The van der Waals surface area contributed by atoms with Gasteiger partial charge in [-0.25, -0.2) is 0 Å². The number of benzene rings is 2. The minimum absolute atomic E-state index is 0.0691. The van der Waals surface area contributed by atoms with E-state index in [0.29, 0.717) is 24.0 Å². The second-order valence-corrected chi connectivity index (χ2v) is 6.67. The molecule has 23 heavy (non-hydrogen) atoms. The lowest BCUT2D eigenvalue weighted by Gasteiger charge is -2.20. The fraction of sp³-hybridized carbons (Fsp3) is 0.368. The monoisotopic (exact) mass is 334 g/mol. The maximum Gasteiger partial charge on any atom is 0.138 e. The van der Waals surface area contributed by atoms with Crippen LogP contribution in [0.2, 0.25) is 5.02 Å². The Bertz CT molecular complexity index is 630. The molecule has 2 aromatic carbocycles. The van der Waals surface area contributed by atoms with E-state index < -0.39 is 0 Å². The van der Waals surface area contributed by atoms with Crippen LogP contribution in [-0.4, -0.2) is 20.3 Å². The summed E-state index contributed by atoms with van der Waals surface area (Å²) in [6.07, 6.45) is 0. The van der Waals surface area contributed by atoms with Crippen molar-refractivity contribution in [3.63, 3.8) is 0 Å². The molecule has 0 saturated heterocycles. The first kappa shape index (κ1) is 17.5. The quantitative estimate of drug-likeness (QED) is 0.687. The smallest absolute Gasteiger partial charge is 0.138 e. The lowest BCUT2D eigenvalue weighted by molar-refractivity contribution is 0.217. The highest BCUT2D eigenvalue weighted by Crippen LogP contribution is 2.31. The molecule has 2 rings (SSSR count). The van der Waals surface area contributed by atoms with Gasteiger partial charge in [-0.3, -0.25) is 0 Å². The molecule has 2 aromatic rings. The van der Waals surface area contributed by atoms with E-state index in [4.69, 9.17) is 25.8 Å². The van der Waals surface area contributed by atoms with Crippen molar-refractivity contribution in [3.05, 3.63) is 53.1 Å². The van der Waals surface area contributed by atoms with Crippen LogP contribution in [-0.2, 0) is 5.41 Å². The maximum absolute atomic E-state index is 6.29. The molecule has 0 aliphatic heterocycles. The summed E-state index contributed by atoms with van der Waals surface area (Å²) in [5.41, 5.74) is 1.25. The van der Waals surface area contributed by atoms with Gasteiger partial charge in [-0.15, -0.1) is 0 Å². The Hall–Kier alpha value is -1.87. The van der Waals surface area contributed by atoms with Crippen molar-refractivity contribution in [3.8, 4) is 17.2 Å². The molecule has 0 N–H and O–H groups in total. The highest BCUT2D eigenvalue weighted by molar-refractivity contribution is 6.32. The van der Waals surface area contributed by atoms with Gasteiger partial charge < -0.3 is 14.2 Å². The van der Waals surface area contributed by atoms with Gasteiger partial charge in [-0.2, -0.15) is 0 Å². The molecule has 0 amide bonds. The van der Waals surface area contributed by atoms with Crippen LogP contribution in [0, 0.1) is 0 Å². The van der Waals surface area contributed by atoms with Gasteiger partial charge in [-0.1, -0.05) is 38.4 Å². The van der Waals surface area contributed by atoms with Crippen LogP contribution in [0.25, 0.3) is 0 Å². The van der Waals surface area contributed by atoms with Crippen LogP contribution in [0.15, 0.2) is 42.5 Å². The van der Waals surface area contributed by atoms with E-state index in [0.717, 1.165) is 11.5 Å². The lowest BCUT2D eigenvalue weighted by atomic mass is 9.87. The van der Waals surface area contributed by atoms with Crippen molar-refractivity contribution in [2.75, 3.05) is 20.3 Å². The Labute approximate surface area is 143 Å². The standard InChI is InChI=1S/C19H23ClO3/c1-19(2,3)14-5-10-18(17(20)13-14)23-12-11-22-16-8-6-15(21-4)7-9-16/h5-10,13H,11-12H2,1-4H3. The fourth-order valence-corrected chi connectivity index (χ4v) is 2.30. The summed E-state index contributed by atoms with van der Waals surface area (Å²) in [6, 6.07) is 13.4. The van der Waals surface area contributed by atoms with Crippen molar-refractivity contribution in [1.82, 2.24) is 0 Å². The molecule has 0 atom stereocenters. The van der Waals surface area contributed by atoms with E-state index in [9.17, 15) is 0 Å². The first-order chi connectivity index (χ1) is 10.9. The third-order valence-corrected chi connectivity index (χ3v) is 3.76. The lowest BCUT2D eigenvalue weighted by Crippen LogP contribution is -2.12. The molecule has 0 spiro atoms. The third-order valence-electron chi connectivity index (χ3n) is 3.47. The molecule has 0 aliphatic rings. The summed E-state index contributed by atoms with van der Waals surface area (Å²) in [5, 5.41) is 0.627. The molecular formula is C19H23ClO3. The highest BCUT2D eigenvalue weighted by atomic mass is 35.5. The molecule has 0 saturated carbocycles. The van der Waals surface area contributed by atoms with Gasteiger partial charge in [0.2, 0.25) is 0 Å². The van der Waals surface area contributed by atoms with Crippen molar-refractivity contribution in [2.24, 2.45) is 0 Å². The van der Waals surface area contributed by atoms with Crippen molar-refractivity contribution >= 4 is 11.6 Å². The summed E-state index contributed by atoms with van der Waals surface area (Å²) in [4.78, 5) is 0. The predicted molar refractivity (Wildman–Crippen MR) is 94.1 cm³/mol. The Morgan fingerprint density at radius 2 is 1.48 bits per heavy atom. The van der Waals surface area contributed by atoms with E-state index in [1.165, 1.54) is 5.56 Å². The topological polar surface area (TPSA) is 27.7 Å². The third kappa shape index (κ3) is 5.07. The maximum atomic E-state index is 6.29. The van der Waals surface area contributed by atoms with E-state index >= 15 is 0 Å². The van der Waals surface area contributed by atoms with Crippen molar-refractivity contribution in [2.45, 2.75) is 26.2 Å². The summed E-state index contributed by atoms with van der Waals surface area (Å²) >= 11 is 6.29. The van der Waals surface area contributed by atoms with Crippen LogP contribution in [0.1, 0.15) is 26.3 Å². The number of hydrogen-bond acceptors (Lipinski definition) is 3. The summed E-state index contributed by atoms with van der Waals surface area (Å²) in [5.74, 6) is 2.26. The largest absolute Gasteiger partial charge is 0.497 e. The minimum Gasteiger partial charge on any atom is -0.497 e. The van der Waals surface area contributed by atoms with E-state index in [1.807, 2.05) is 42.5 Å². The summed E-state index contributed by atoms with van der Waals surface area (Å²) in [6.45, 7) is 7.34. The Balaban J connectivity index is 1.84. The second kappa shape index (κ2) is 7.60. The van der Waals surface area contributed by atoms with Gasteiger partial charge in [0.1, 0.15) is 30.5 Å². The van der Waals surface area contributed by atoms with Crippen molar-refractivity contribution < 1.29 is 14.2 Å². The molecular weight excluding hydrogens is 312 g/mol. The van der Waals surface area contributed by atoms with Gasteiger partial charge in [0.25, 0.3) is 0 Å². The summed E-state index contributed by atoms with van der Waals surface area (Å²) in [7, 11) is 1.64. The van der Waals surface area contributed by atoms with Gasteiger partial charge in [0.15, 0.2) is 0 Å². The molecule has 0 fully saturated rings. The van der Waals surface area contributed by atoms with Gasteiger partial charge in [0.05, 0.1) is 12.1 Å². The Morgan fingerprint density at radius 3 is 2.04 bits per heavy atom.